The van der Waals surface area contributed by atoms with Crippen LogP contribution in [-0.4, -0.2) is 62.2 Å². The van der Waals surface area contributed by atoms with Gasteiger partial charge in [-0.05, 0) is 59.9 Å². The van der Waals surface area contributed by atoms with E-state index < -0.39 is 21.9 Å². The normalized spacial score (nSPS) is 33.0. The summed E-state index contributed by atoms with van der Waals surface area (Å²) in [6, 6.07) is 11.8. The van der Waals surface area contributed by atoms with E-state index >= 15 is 4.79 Å². The summed E-state index contributed by atoms with van der Waals surface area (Å²) in [6.45, 7) is 6.49. The molecule has 0 aromatic heterocycles. The molecule has 4 fully saturated rings. The third-order valence-electron chi connectivity index (χ3n) is 10.8. The molecule has 4 atom stereocenters. The fourth-order valence-corrected chi connectivity index (χ4v) is 8.96. The number of carbonyl (C=O) groups excluding carboxylic acids is 2. The molecular weight excluding hydrogens is 506 g/mol. The summed E-state index contributed by atoms with van der Waals surface area (Å²) in [6.07, 6.45) is 6.48. The third-order valence-corrected chi connectivity index (χ3v) is 10.8. The van der Waals surface area contributed by atoms with Crippen LogP contribution < -0.4 is 24.4 Å². The van der Waals surface area contributed by atoms with Gasteiger partial charge in [0.2, 0.25) is 11.8 Å². The van der Waals surface area contributed by atoms with Crippen LogP contribution in [0.25, 0.3) is 0 Å². The fraction of sp³-hybridized carbons (Fsp3) is 0.500. The summed E-state index contributed by atoms with van der Waals surface area (Å²) in [4.78, 5) is 33.0. The summed E-state index contributed by atoms with van der Waals surface area (Å²) in [5.74, 6) is 2.18. The number of hydrogen-bond donors (Lipinski definition) is 1. The van der Waals surface area contributed by atoms with Gasteiger partial charge in [0, 0.05) is 13.1 Å². The smallest absolute Gasteiger partial charge is 0.245 e. The molecule has 1 N–H and O–H groups in total. The molecule has 6 aliphatic rings. The average Bonchev–Trinajstić information content (AvgIpc) is 3.31. The van der Waals surface area contributed by atoms with Crippen LogP contribution in [0.2, 0.25) is 0 Å². The van der Waals surface area contributed by atoms with Crippen LogP contribution in [-0.2, 0) is 21.5 Å². The molecule has 1 saturated carbocycles. The number of anilines is 1. The summed E-state index contributed by atoms with van der Waals surface area (Å²) in [7, 11) is 4.89. The number of hydrogen-bond acceptors (Lipinski definition) is 6. The number of methoxy groups -OCH3 is 3. The largest absolute Gasteiger partial charge is 0.497 e. The van der Waals surface area contributed by atoms with E-state index in [1.807, 2.05) is 35.2 Å². The number of carbonyl (C=O) groups is 2. The van der Waals surface area contributed by atoms with Gasteiger partial charge in [-0.3, -0.25) is 14.5 Å². The topological polar surface area (TPSA) is 80.3 Å². The summed E-state index contributed by atoms with van der Waals surface area (Å²) >= 11 is 0. The quantitative estimate of drug-likeness (QED) is 0.578. The van der Waals surface area contributed by atoms with E-state index in [4.69, 9.17) is 14.2 Å². The minimum absolute atomic E-state index is 0.0577. The Bertz CT molecular complexity index is 1450. The number of rotatable bonds is 5. The highest BCUT2D eigenvalue weighted by molar-refractivity contribution is 6.11. The van der Waals surface area contributed by atoms with Crippen molar-refractivity contribution in [2.75, 3.05) is 39.3 Å². The Hall–Kier alpha value is -3.52. The summed E-state index contributed by atoms with van der Waals surface area (Å²) < 4.78 is 17.0. The highest BCUT2D eigenvalue weighted by Gasteiger charge is 2.78. The Kier molecular flexibility index (Phi) is 5.25. The van der Waals surface area contributed by atoms with Crippen molar-refractivity contribution in [2.45, 2.75) is 56.1 Å². The van der Waals surface area contributed by atoms with E-state index in [1.165, 1.54) is 0 Å². The van der Waals surface area contributed by atoms with Gasteiger partial charge in [-0.1, -0.05) is 44.2 Å². The average molecular weight is 544 g/mol. The van der Waals surface area contributed by atoms with Gasteiger partial charge in [0.25, 0.3) is 0 Å². The predicted molar refractivity (Wildman–Crippen MR) is 151 cm³/mol. The zero-order chi connectivity index (χ0) is 28.1. The molecule has 5 heterocycles. The second-order valence-electron chi connectivity index (χ2n) is 12.6. The van der Waals surface area contributed by atoms with Crippen molar-refractivity contribution in [3.8, 4) is 17.2 Å². The number of amides is 2. The first-order valence-electron chi connectivity index (χ1n) is 14.1. The first-order chi connectivity index (χ1) is 19.2. The summed E-state index contributed by atoms with van der Waals surface area (Å²) in [5.41, 5.74) is 0.330. The van der Waals surface area contributed by atoms with E-state index in [1.54, 1.807) is 21.3 Å². The van der Waals surface area contributed by atoms with E-state index in [0.29, 0.717) is 24.5 Å². The van der Waals surface area contributed by atoms with Gasteiger partial charge < -0.3 is 24.4 Å². The molecule has 8 rings (SSSR count). The highest BCUT2D eigenvalue weighted by Crippen LogP contribution is 2.71. The van der Waals surface area contributed by atoms with Crippen molar-refractivity contribution in [3.05, 3.63) is 59.7 Å². The van der Waals surface area contributed by atoms with Crippen molar-refractivity contribution in [3.63, 3.8) is 0 Å². The molecule has 2 aromatic rings. The van der Waals surface area contributed by atoms with Crippen LogP contribution >= 0.6 is 0 Å². The third kappa shape index (κ3) is 2.90. The van der Waals surface area contributed by atoms with Crippen LogP contribution in [0.1, 0.15) is 44.2 Å². The number of piperazine rings is 1. The number of fused-ring (bicyclic) bond motifs is 3. The second kappa shape index (κ2) is 8.26. The number of nitrogens with zero attached hydrogens (tertiary/aromatic N) is 2. The molecule has 1 aliphatic carbocycles. The van der Waals surface area contributed by atoms with Gasteiger partial charge in [0.15, 0.2) is 11.5 Å². The van der Waals surface area contributed by atoms with E-state index in [-0.39, 0.29) is 17.7 Å². The van der Waals surface area contributed by atoms with Gasteiger partial charge in [-0.2, -0.15) is 0 Å². The molecule has 2 bridgehead atoms. The Balaban J connectivity index is 1.40. The zero-order valence-electron chi connectivity index (χ0n) is 23.9. The number of piperidine rings is 2. The maximum Gasteiger partial charge on any atom is 0.245 e. The second-order valence-corrected chi connectivity index (χ2v) is 12.6. The molecule has 0 radical (unpaired) electrons. The maximum atomic E-state index is 15.1. The Labute approximate surface area is 235 Å². The molecule has 3 saturated heterocycles. The van der Waals surface area contributed by atoms with Gasteiger partial charge >= 0.3 is 0 Å². The van der Waals surface area contributed by atoms with Gasteiger partial charge in [-0.25, -0.2) is 0 Å². The van der Waals surface area contributed by atoms with Crippen LogP contribution in [0.15, 0.2) is 48.6 Å². The van der Waals surface area contributed by atoms with E-state index in [2.05, 4.69) is 42.3 Å². The van der Waals surface area contributed by atoms with Crippen molar-refractivity contribution in [1.29, 1.82) is 0 Å². The van der Waals surface area contributed by atoms with Gasteiger partial charge in [-0.15, -0.1) is 0 Å². The lowest BCUT2D eigenvalue weighted by atomic mass is 9.57. The molecule has 5 aliphatic heterocycles. The molecule has 2 amide bonds. The molecule has 40 heavy (non-hydrogen) atoms. The SMILES string of the molecule is COc1ccc(CN2C(=O)[C@]3(C[C@@]45CN6CCC=C[C@]6(C[C@H]4C3(C)C)C(=O)N5)c3ccc(OC)c(OC)c32)cc1. The molecule has 0 unspecified atom stereocenters. The first-order valence-corrected chi connectivity index (χ1v) is 14.1. The minimum atomic E-state index is -0.837. The fourth-order valence-electron chi connectivity index (χ4n) is 8.96. The standard InChI is InChI=1S/C32H37N3O5/c1-29(2)24-16-31-14-6-7-15-34(31)19-30(24,33-27(31)36)18-32(29)22-12-13-23(39-4)26(40-5)25(22)35(28(32)37)17-20-8-10-21(38-3)11-9-20/h6,8-14,24H,7,15-19H2,1-5H3,(H,33,36)/t24-,30+,31-,32-/m0/s1. The number of benzene rings is 2. The lowest BCUT2D eigenvalue weighted by Gasteiger charge is -2.62. The Morgan fingerprint density at radius 2 is 1.77 bits per heavy atom. The Morgan fingerprint density at radius 1 is 1.00 bits per heavy atom. The molecule has 210 valence electrons. The maximum absolute atomic E-state index is 15.1. The van der Waals surface area contributed by atoms with Crippen molar-refractivity contribution in [2.24, 2.45) is 11.3 Å². The number of ether oxygens (including phenoxy) is 3. The van der Waals surface area contributed by atoms with Crippen molar-refractivity contribution < 1.29 is 23.8 Å². The van der Waals surface area contributed by atoms with Crippen LogP contribution in [0.3, 0.4) is 0 Å². The lowest BCUT2D eigenvalue weighted by Crippen LogP contribution is -2.80. The van der Waals surface area contributed by atoms with Gasteiger partial charge in [0.1, 0.15) is 11.3 Å². The van der Waals surface area contributed by atoms with Crippen molar-refractivity contribution >= 4 is 17.5 Å². The molecule has 3 spiro atoms. The summed E-state index contributed by atoms with van der Waals surface area (Å²) in [5, 5.41) is 3.50. The first kappa shape index (κ1) is 25.4. The monoisotopic (exact) mass is 543 g/mol. The van der Waals surface area contributed by atoms with E-state index in [9.17, 15) is 4.79 Å². The number of nitrogens with one attached hydrogen (secondary N) is 1. The van der Waals surface area contributed by atoms with Crippen LogP contribution in [0.5, 0.6) is 17.2 Å². The molecule has 8 heteroatoms. The predicted octanol–water partition coefficient (Wildman–Crippen LogP) is 3.82. The molecule has 2 aromatic carbocycles. The highest BCUT2D eigenvalue weighted by atomic mass is 16.5. The van der Waals surface area contributed by atoms with Crippen LogP contribution in [0.4, 0.5) is 5.69 Å². The Morgan fingerprint density at radius 3 is 2.48 bits per heavy atom. The molecule has 8 nitrogen and oxygen atoms in total. The minimum Gasteiger partial charge on any atom is -0.497 e. The lowest BCUT2D eigenvalue weighted by molar-refractivity contribution is -0.155. The van der Waals surface area contributed by atoms with Gasteiger partial charge in [0.05, 0.1) is 44.5 Å². The van der Waals surface area contributed by atoms with Crippen molar-refractivity contribution in [1.82, 2.24) is 10.2 Å². The van der Waals surface area contributed by atoms with Crippen LogP contribution in [0, 0.1) is 11.3 Å². The zero-order valence-corrected chi connectivity index (χ0v) is 23.9. The molecular formula is C32H37N3O5. The van der Waals surface area contributed by atoms with E-state index in [0.717, 1.165) is 48.5 Å².